The Kier molecular flexibility index (Phi) is 7.81. The third kappa shape index (κ3) is 5.99. The van der Waals surface area contributed by atoms with Crippen LogP contribution in [0.1, 0.15) is 39.7 Å². The molecule has 0 saturated carbocycles. The lowest BCUT2D eigenvalue weighted by Gasteiger charge is -2.37. The summed E-state index contributed by atoms with van der Waals surface area (Å²) in [6.07, 6.45) is 2.29. The Morgan fingerprint density at radius 2 is 1.95 bits per heavy atom. The van der Waals surface area contributed by atoms with Crippen LogP contribution in [0, 0.1) is 11.6 Å². The van der Waals surface area contributed by atoms with Crippen LogP contribution >= 0.6 is 11.3 Å². The number of benzene rings is 2. The summed E-state index contributed by atoms with van der Waals surface area (Å²) in [5.74, 6) is -0.988. The second kappa shape index (κ2) is 11.4. The largest absolute Gasteiger partial charge is 0.491 e. The van der Waals surface area contributed by atoms with Gasteiger partial charge >= 0.3 is 0 Å². The molecule has 5 rings (SSSR count). The first kappa shape index (κ1) is 25.4. The van der Waals surface area contributed by atoms with Crippen molar-refractivity contribution in [3.63, 3.8) is 0 Å². The Hall–Kier alpha value is -3.30. The molecular formula is C28H28F2N2O4S. The summed E-state index contributed by atoms with van der Waals surface area (Å²) in [7, 11) is 0. The highest BCUT2D eigenvalue weighted by atomic mass is 32.1. The van der Waals surface area contributed by atoms with Gasteiger partial charge in [-0.2, -0.15) is 0 Å². The normalized spacial score (nSPS) is 18.9. The first-order chi connectivity index (χ1) is 18.0. The minimum Gasteiger partial charge on any atom is -0.491 e. The predicted molar refractivity (Wildman–Crippen MR) is 136 cm³/mol. The highest BCUT2D eigenvalue weighted by Gasteiger charge is 2.34. The van der Waals surface area contributed by atoms with Crippen molar-refractivity contribution in [3.8, 4) is 5.75 Å². The van der Waals surface area contributed by atoms with Crippen LogP contribution in [0.15, 0.2) is 60.0 Å². The molecule has 6 nitrogen and oxygen atoms in total. The van der Waals surface area contributed by atoms with E-state index in [1.807, 2.05) is 11.4 Å². The summed E-state index contributed by atoms with van der Waals surface area (Å²) in [4.78, 5) is 31.5. The molecule has 2 amide bonds. The van der Waals surface area contributed by atoms with E-state index in [-0.39, 0.29) is 43.7 Å². The number of nitrogens with zero attached hydrogens (tertiary/aromatic N) is 2. The predicted octanol–water partition coefficient (Wildman–Crippen LogP) is 4.85. The quantitative estimate of drug-likeness (QED) is 0.421. The number of hydrogen-bond acceptors (Lipinski definition) is 5. The number of hydrogen-bond donors (Lipinski definition) is 0. The van der Waals surface area contributed by atoms with E-state index >= 15 is 0 Å². The van der Waals surface area contributed by atoms with Crippen LogP contribution in [-0.4, -0.2) is 60.6 Å². The second-order valence-corrected chi connectivity index (χ2v) is 10.2. The van der Waals surface area contributed by atoms with Crippen molar-refractivity contribution in [2.75, 3.05) is 32.8 Å². The van der Waals surface area contributed by atoms with Gasteiger partial charge in [-0.15, -0.1) is 11.3 Å². The average Bonchev–Trinajstić information content (AvgIpc) is 3.59. The van der Waals surface area contributed by atoms with E-state index in [0.29, 0.717) is 30.9 Å². The van der Waals surface area contributed by atoms with E-state index in [2.05, 4.69) is 0 Å². The van der Waals surface area contributed by atoms with Crippen molar-refractivity contribution in [2.45, 2.75) is 31.4 Å². The summed E-state index contributed by atoms with van der Waals surface area (Å²) < 4.78 is 38.8. The number of amides is 2. The van der Waals surface area contributed by atoms with Crippen LogP contribution in [-0.2, 0) is 16.0 Å². The lowest BCUT2D eigenvalue weighted by Crippen LogP contribution is -2.49. The molecule has 1 fully saturated rings. The molecule has 2 aliphatic rings. The standard InChI is InChI=1S/C28H28F2N2O4S/c29-20-8-6-19(7-9-20)28(34)31(16-23-5-2-13-35-23)17-27(33)32-12-10-26-24(11-14-37-26)25(32)18-36-22-4-1-3-21(30)15-22/h1,3-4,6-9,11,14-15,23,25H,2,5,10,12-13,16-18H2. The summed E-state index contributed by atoms with van der Waals surface area (Å²) in [6.45, 7) is 1.43. The molecule has 2 unspecified atom stereocenters. The molecule has 194 valence electrons. The molecule has 2 aliphatic heterocycles. The fourth-order valence-electron chi connectivity index (χ4n) is 4.89. The van der Waals surface area contributed by atoms with Gasteiger partial charge in [-0.1, -0.05) is 6.07 Å². The molecule has 0 N–H and O–H groups in total. The topological polar surface area (TPSA) is 59.1 Å². The first-order valence-corrected chi connectivity index (χ1v) is 13.3. The minimum atomic E-state index is -0.431. The lowest BCUT2D eigenvalue weighted by molar-refractivity contribution is -0.135. The number of thiophene rings is 1. The van der Waals surface area contributed by atoms with E-state index in [1.165, 1.54) is 46.2 Å². The Morgan fingerprint density at radius 3 is 2.70 bits per heavy atom. The highest BCUT2D eigenvalue weighted by Crippen LogP contribution is 2.34. The van der Waals surface area contributed by atoms with Gasteiger partial charge in [0.25, 0.3) is 5.91 Å². The molecule has 3 aromatic rings. The third-order valence-corrected chi connectivity index (χ3v) is 7.77. The maximum absolute atomic E-state index is 13.7. The second-order valence-electron chi connectivity index (χ2n) is 9.25. The van der Waals surface area contributed by atoms with E-state index < -0.39 is 11.6 Å². The number of halogens is 2. The van der Waals surface area contributed by atoms with E-state index in [1.54, 1.807) is 28.4 Å². The number of ether oxygens (including phenoxy) is 2. The van der Waals surface area contributed by atoms with Gasteiger partial charge in [0.2, 0.25) is 5.91 Å². The monoisotopic (exact) mass is 526 g/mol. The Morgan fingerprint density at radius 1 is 1.11 bits per heavy atom. The molecule has 0 spiro atoms. The number of carbonyl (C=O) groups is 2. The van der Waals surface area contributed by atoms with Crippen molar-refractivity contribution in [2.24, 2.45) is 0 Å². The van der Waals surface area contributed by atoms with Crippen LogP contribution in [0.2, 0.25) is 0 Å². The first-order valence-electron chi connectivity index (χ1n) is 12.4. The Bertz CT molecular complexity index is 1240. The molecule has 37 heavy (non-hydrogen) atoms. The van der Waals surface area contributed by atoms with Gasteiger partial charge in [-0.05, 0) is 72.7 Å². The minimum absolute atomic E-state index is 0.133. The Labute approximate surface area is 218 Å². The maximum atomic E-state index is 13.7. The van der Waals surface area contributed by atoms with E-state index in [9.17, 15) is 18.4 Å². The maximum Gasteiger partial charge on any atom is 0.254 e. The average molecular weight is 527 g/mol. The van der Waals surface area contributed by atoms with Gasteiger partial charge in [0.15, 0.2) is 0 Å². The fourth-order valence-corrected chi connectivity index (χ4v) is 5.82. The Balaban J connectivity index is 1.35. The summed E-state index contributed by atoms with van der Waals surface area (Å²) in [6, 6.07) is 12.9. The molecule has 0 bridgehead atoms. The fraction of sp³-hybridized carbons (Fsp3) is 0.357. The summed E-state index contributed by atoms with van der Waals surface area (Å²) >= 11 is 1.64. The molecule has 2 atom stereocenters. The summed E-state index contributed by atoms with van der Waals surface area (Å²) in [5, 5.41) is 2.00. The molecule has 0 radical (unpaired) electrons. The zero-order valence-electron chi connectivity index (χ0n) is 20.3. The van der Waals surface area contributed by atoms with E-state index in [4.69, 9.17) is 9.47 Å². The molecule has 0 aliphatic carbocycles. The van der Waals surface area contributed by atoms with Gasteiger partial charge < -0.3 is 19.3 Å². The van der Waals surface area contributed by atoms with Gasteiger partial charge in [-0.25, -0.2) is 8.78 Å². The van der Waals surface area contributed by atoms with Crippen molar-refractivity contribution < 1.29 is 27.8 Å². The van der Waals surface area contributed by atoms with Crippen LogP contribution in [0.25, 0.3) is 0 Å². The van der Waals surface area contributed by atoms with Crippen LogP contribution in [0.3, 0.4) is 0 Å². The van der Waals surface area contributed by atoms with Gasteiger partial charge in [-0.3, -0.25) is 9.59 Å². The molecule has 3 heterocycles. The molecule has 9 heteroatoms. The smallest absolute Gasteiger partial charge is 0.254 e. The van der Waals surface area contributed by atoms with Crippen molar-refractivity contribution >= 4 is 23.2 Å². The SMILES string of the molecule is O=C(c1ccc(F)cc1)N(CC(=O)N1CCc2sccc2C1COc1cccc(F)c1)CC1CCCO1. The lowest BCUT2D eigenvalue weighted by atomic mass is 10.00. The van der Waals surface area contributed by atoms with Gasteiger partial charge in [0, 0.05) is 36.2 Å². The van der Waals surface area contributed by atoms with Crippen LogP contribution < -0.4 is 4.74 Å². The van der Waals surface area contributed by atoms with Crippen LogP contribution in [0.4, 0.5) is 8.78 Å². The molecule has 1 aromatic heterocycles. The van der Waals surface area contributed by atoms with Crippen LogP contribution in [0.5, 0.6) is 5.75 Å². The molecule has 1 saturated heterocycles. The van der Waals surface area contributed by atoms with Crippen molar-refractivity contribution in [3.05, 3.63) is 87.6 Å². The highest BCUT2D eigenvalue weighted by molar-refractivity contribution is 7.10. The van der Waals surface area contributed by atoms with Crippen molar-refractivity contribution in [1.29, 1.82) is 0 Å². The summed E-state index contributed by atoms with van der Waals surface area (Å²) in [5.41, 5.74) is 1.33. The van der Waals surface area contributed by atoms with Gasteiger partial charge in [0.05, 0.1) is 12.1 Å². The zero-order valence-corrected chi connectivity index (χ0v) is 21.1. The third-order valence-electron chi connectivity index (χ3n) is 6.77. The number of fused-ring (bicyclic) bond motifs is 1. The number of rotatable bonds is 8. The van der Waals surface area contributed by atoms with E-state index in [0.717, 1.165) is 18.4 Å². The zero-order chi connectivity index (χ0) is 25.8. The molecule has 2 aromatic carbocycles. The van der Waals surface area contributed by atoms with Gasteiger partial charge in [0.1, 0.15) is 30.5 Å². The molecular weight excluding hydrogens is 498 g/mol. The van der Waals surface area contributed by atoms with Crippen molar-refractivity contribution in [1.82, 2.24) is 9.80 Å². The number of carbonyl (C=O) groups excluding carboxylic acids is 2.